The number of β-amino-alcohol motifs (C(OH)–C–C–N with tert-alkyl or cyclic N) is 1. The van der Waals surface area contributed by atoms with Gasteiger partial charge in [-0.25, -0.2) is 4.98 Å². The highest BCUT2D eigenvalue weighted by molar-refractivity contribution is 7.13. The van der Waals surface area contributed by atoms with E-state index < -0.39 is 29.4 Å². The summed E-state index contributed by atoms with van der Waals surface area (Å²) in [5.74, 6) is -2.15. The van der Waals surface area contributed by atoms with Gasteiger partial charge in [-0.3, -0.25) is 19.4 Å². The number of hydrogen-bond donors (Lipinski definition) is 3. The van der Waals surface area contributed by atoms with Crippen LogP contribution in [0.1, 0.15) is 73.3 Å². The summed E-state index contributed by atoms with van der Waals surface area (Å²) >= 11 is 1.58. The van der Waals surface area contributed by atoms with Crippen LogP contribution in [0.25, 0.3) is 10.4 Å². The standard InChI is InChI=1S/C29H35N5O4S/c1-16(18-6-8-19(9-7-18)25-17(2)32-15-39-25)33-27(37)23-12-20(35)14-34(23)28(38)24(29(3,4)5)22-13-31-11-10-21(22)26(30)36/h6-11,13,15-16,20,23-24,35H,12,14H2,1-5H3,(H2,30,36)(H,33,37)/t16-,20+,23-,24-/m0/s1. The molecule has 4 rings (SSSR count). The van der Waals surface area contributed by atoms with Gasteiger partial charge in [0, 0.05) is 30.9 Å². The Kier molecular flexibility index (Phi) is 8.17. The number of nitrogens with two attached hydrogens (primary N) is 1. The number of hydrogen-bond acceptors (Lipinski definition) is 7. The lowest BCUT2D eigenvalue weighted by Gasteiger charge is -2.36. The lowest BCUT2D eigenvalue weighted by Crippen LogP contribution is -2.49. The average Bonchev–Trinajstić information content (AvgIpc) is 3.49. The summed E-state index contributed by atoms with van der Waals surface area (Å²) in [5, 5.41) is 13.5. The molecule has 0 unspecified atom stereocenters. The number of nitrogens with zero attached hydrogens (tertiary/aromatic N) is 3. The van der Waals surface area contributed by atoms with Crippen LogP contribution < -0.4 is 11.1 Å². The zero-order chi connectivity index (χ0) is 28.5. The zero-order valence-electron chi connectivity index (χ0n) is 22.8. The van der Waals surface area contributed by atoms with Crippen LogP contribution in [0.3, 0.4) is 0 Å². The van der Waals surface area contributed by atoms with Gasteiger partial charge in [0.15, 0.2) is 0 Å². The molecule has 1 aliphatic heterocycles. The van der Waals surface area contributed by atoms with E-state index in [0.29, 0.717) is 5.56 Å². The number of nitrogens with one attached hydrogen (secondary N) is 1. The van der Waals surface area contributed by atoms with E-state index in [-0.39, 0.29) is 36.4 Å². The van der Waals surface area contributed by atoms with Crippen molar-refractivity contribution in [1.82, 2.24) is 20.2 Å². The molecule has 1 fully saturated rings. The maximum Gasteiger partial charge on any atom is 0.249 e. The van der Waals surface area contributed by atoms with Crippen molar-refractivity contribution in [2.75, 3.05) is 6.54 Å². The van der Waals surface area contributed by atoms with Gasteiger partial charge >= 0.3 is 0 Å². The monoisotopic (exact) mass is 549 g/mol. The molecule has 1 aromatic carbocycles. The number of carbonyl (C=O) groups excluding carboxylic acids is 3. The second-order valence-corrected chi connectivity index (χ2v) is 12.0. The fourth-order valence-electron chi connectivity index (χ4n) is 5.20. The molecule has 0 aliphatic carbocycles. The van der Waals surface area contributed by atoms with E-state index in [0.717, 1.165) is 21.7 Å². The van der Waals surface area contributed by atoms with Crippen LogP contribution in [-0.4, -0.2) is 56.4 Å². The van der Waals surface area contributed by atoms with Gasteiger partial charge in [-0.05, 0) is 42.0 Å². The first-order valence-corrected chi connectivity index (χ1v) is 13.8. The van der Waals surface area contributed by atoms with E-state index in [2.05, 4.69) is 15.3 Å². The molecule has 9 nitrogen and oxygen atoms in total. The van der Waals surface area contributed by atoms with E-state index in [9.17, 15) is 19.5 Å². The van der Waals surface area contributed by atoms with E-state index in [1.54, 1.807) is 11.3 Å². The second-order valence-electron chi connectivity index (χ2n) is 11.1. The third-order valence-corrected chi connectivity index (χ3v) is 8.16. The Hall–Kier alpha value is -3.63. The van der Waals surface area contributed by atoms with Crippen molar-refractivity contribution >= 4 is 29.1 Å². The predicted molar refractivity (Wildman–Crippen MR) is 150 cm³/mol. The summed E-state index contributed by atoms with van der Waals surface area (Å²) < 4.78 is 0. The molecule has 3 heterocycles. The Labute approximate surface area is 232 Å². The minimum Gasteiger partial charge on any atom is -0.391 e. The number of rotatable bonds is 7. The van der Waals surface area contributed by atoms with Gasteiger partial charge < -0.3 is 21.1 Å². The molecule has 3 amide bonds. The highest BCUT2D eigenvalue weighted by atomic mass is 32.1. The van der Waals surface area contributed by atoms with Crippen molar-refractivity contribution in [1.29, 1.82) is 0 Å². The number of aryl methyl sites for hydroxylation is 1. The average molecular weight is 550 g/mol. The predicted octanol–water partition coefficient (Wildman–Crippen LogP) is 3.58. The molecule has 10 heteroatoms. The topological polar surface area (TPSA) is 139 Å². The highest BCUT2D eigenvalue weighted by Gasteiger charge is 2.45. The van der Waals surface area contributed by atoms with Gasteiger partial charge in [-0.2, -0.15) is 0 Å². The van der Waals surface area contributed by atoms with Crippen molar-refractivity contribution in [3.63, 3.8) is 0 Å². The van der Waals surface area contributed by atoms with Crippen molar-refractivity contribution in [3.8, 4) is 10.4 Å². The first-order valence-electron chi connectivity index (χ1n) is 12.9. The van der Waals surface area contributed by atoms with E-state index in [1.807, 2.05) is 64.4 Å². The van der Waals surface area contributed by atoms with Crippen LogP contribution in [0.15, 0.2) is 48.2 Å². The molecule has 39 heavy (non-hydrogen) atoms. The SMILES string of the molecule is Cc1ncsc1-c1ccc([C@H](C)NC(=O)[C@@H]2C[C@@H](O)CN2C(=O)[C@H](c2cnccc2C(N)=O)C(C)(C)C)cc1. The normalized spacial score (nSPS) is 19.0. The number of likely N-dealkylation sites (tertiary alicyclic amines) is 1. The van der Waals surface area contributed by atoms with Crippen LogP contribution in [0.2, 0.25) is 0 Å². The minimum absolute atomic E-state index is 0.0208. The Morgan fingerprint density at radius 3 is 2.46 bits per heavy atom. The fourth-order valence-corrected chi connectivity index (χ4v) is 6.01. The Bertz CT molecular complexity index is 1360. The summed E-state index contributed by atoms with van der Waals surface area (Å²) in [6.07, 6.45) is 2.22. The maximum atomic E-state index is 14.0. The Morgan fingerprint density at radius 2 is 1.87 bits per heavy atom. The lowest BCUT2D eigenvalue weighted by atomic mass is 9.74. The molecule has 0 bridgehead atoms. The second kappa shape index (κ2) is 11.2. The third kappa shape index (κ3) is 6.02. The number of pyridine rings is 1. The number of aliphatic hydroxyl groups is 1. The first kappa shape index (κ1) is 28.4. The largest absolute Gasteiger partial charge is 0.391 e. The molecule has 1 saturated heterocycles. The number of thiazole rings is 1. The third-order valence-electron chi connectivity index (χ3n) is 7.18. The van der Waals surface area contributed by atoms with Crippen LogP contribution in [0.5, 0.6) is 0 Å². The van der Waals surface area contributed by atoms with Gasteiger partial charge in [-0.15, -0.1) is 11.3 Å². The van der Waals surface area contributed by atoms with E-state index >= 15 is 0 Å². The summed E-state index contributed by atoms with van der Waals surface area (Å²) in [6.45, 7) is 9.53. The van der Waals surface area contributed by atoms with Crippen molar-refractivity contribution in [2.24, 2.45) is 11.1 Å². The molecule has 1 aliphatic rings. The number of benzene rings is 1. The van der Waals surface area contributed by atoms with Crippen LogP contribution >= 0.6 is 11.3 Å². The summed E-state index contributed by atoms with van der Waals surface area (Å²) in [6, 6.07) is 8.27. The van der Waals surface area contributed by atoms with Crippen LogP contribution in [0, 0.1) is 12.3 Å². The molecule has 206 valence electrons. The van der Waals surface area contributed by atoms with Crippen molar-refractivity contribution in [3.05, 3.63) is 70.6 Å². The van der Waals surface area contributed by atoms with Gasteiger partial charge in [0.2, 0.25) is 17.7 Å². The quantitative estimate of drug-likeness (QED) is 0.412. The first-order chi connectivity index (χ1) is 18.4. The molecule has 2 aromatic heterocycles. The Balaban J connectivity index is 1.55. The number of primary amides is 1. The zero-order valence-corrected chi connectivity index (χ0v) is 23.7. The van der Waals surface area contributed by atoms with Gasteiger partial charge in [0.25, 0.3) is 0 Å². The van der Waals surface area contributed by atoms with Gasteiger partial charge in [-0.1, -0.05) is 45.0 Å². The maximum absolute atomic E-state index is 14.0. The Morgan fingerprint density at radius 1 is 1.18 bits per heavy atom. The highest BCUT2D eigenvalue weighted by Crippen LogP contribution is 2.39. The number of aromatic nitrogens is 2. The van der Waals surface area contributed by atoms with Crippen LogP contribution in [-0.2, 0) is 9.59 Å². The fraction of sp³-hybridized carbons (Fsp3) is 0.414. The molecule has 0 saturated carbocycles. The molecule has 0 radical (unpaired) electrons. The number of carbonyl (C=O) groups is 3. The van der Waals surface area contributed by atoms with Gasteiger partial charge in [0.1, 0.15) is 6.04 Å². The molecule has 4 atom stereocenters. The molecular formula is C29H35N5O4S. The van der Waals surface area contributed by atoms with E-state index in [1.165, 1.54) is 23.4 Å². The molecular weight excluding hydrogens is 514 g/mol. The molecule has 3 aromatic rings. The summed E-state index contributed by atoms with van der Waals surface area (Å²) in [5.41, 5.74) is 10.4. The van der Waals surface area contributed by atoms with Crippen LogP contribution in [0.4, 0.5) is 0 Å². The minimum atomic E-state index is -0.854. The summed E-state index contributed by atoms with van der Waals surface area (Å²) in [7, 11) is 0. The summed E-state index contributed by atoms with van der Waals surface area (Å²) in [4.78, 5) is 50.6. The van der Waals surface area contributed by atoms with Crippen molar-refractivity contribution in [2.45, 2.75) is 65.1 Å². The smallest absolute Gasteiger partial charge is 0.249 e. The number of amides is 3. The van der Waals surface area contributed by atoms with Gasteiger partial charge in [0.05, 0.1) is 34.1 Å². The molecule has 4 N–H and O–H groups in total. The molecule has 0 spiro atoms. The number of aliphatic hydroxyl groups excluding tert-OH is 1. The lowest BCUT2D eigenvalue weighted by molar-refractivity contribution is -0.141. The van der Waals surface area contributed by atoms with Crippen molar-refractivity contribution < 1.29 is 19.5 Å². The van der Waals surface area contributed by atoms with E-state index in [4.69, 9.17) is 5.73 Å².